The number of ether oxygens (including phenoxy) is 2. The van der Waals surface area contributed by atoms with E-state index in [1.54, 1.807) is 19.0 Å². The van der Waals surface area contributed by atoms with Crippen LogP contribution in [0, 0.1) is 0 Å². The van der Waals surface area contributed by atoms with Crippen molar-refractivity contribution in [3.8, 4) is 0 Å². The molecule has 8 heteroatoms. The number of nitrogens with one attached hydrogen (secondary N) is 1. The van der Waals surface area contributed by atoms with Gasteiger partial charge in [0.15, 0.2) is 5.96 Å². The molecule has 1 aromatic rings. The van der Waals surface area contributed by atoms with E-state index in [0.717, 1.165) is 82.0 Å². The number of hydrogen-bond donors (Lipinski definition) is 1. The first-order chi connectivity index (χ1) is 15.1. The van der Waals surface area contributed by atoms with E-state index < -0.39 is 0 Å². The number of nitrogens with zero attached hydrogens (tertiary/aromatic N) is 3. The second kappa shape index (κ2) is 14.0. The first kappa shape index (κ1) is 26.9. The number of piperidine rings is 1. The Morgan fingerprint density at radius 2 is 2.06 bits per heavy atom. The van der Waals surface area contributed by atoms with E-state index in [-0.39, 0.29) is 29.9 Å². The summed E-state index contributed by atoms with van der Waals surface area (Å²) < 4.78 is 11.8. The molecule has 0 radical (unpaired) electrons. The molecule has 3 rings (SSSR count). The van der Waals surface area contributed by atoms with Crippen LogP contribution in [0.15, 0.2) is 29.3 Å². The number of hydrogen-bond acceptors (Lipinski definition) is 4. The average Bonchev–Trinajstić information content (AvgIpc) is 3.31. The van der Waals surface area contributed by atoms with Crippen LogP contribution < -0.4 is 5.32 Å². The highest BCUT2D eigenvalue weighted by atomic mass is 127. The van der Waals surface area contributed by atoms with Crippen LogP contribution in [0.2, 0.25) is 0 Å². The van der Waals surface area contributed by atoms with Crippen LogP contribution in [0.3, 0.4) is 0 Å². The molecular weight excluding hydrogens is 519 g/mol. The average molecular weight is 559 g/mol. The summed E-state index contributed by atoms with van der Waals surface area (Å²) >= 11 is 0. The van der Waals surface area contributed by atoms with Crippen molar-refractivity contribution in [3.05, 3.63) is 35.4 Å². The summed E-state index contributed by atoms with van der Waals surface area (Å²) in [4.78, 5) is 21.0. The lowest BCUT2D eigenvalue weighted by atomic mass is 10.1. The lowest BCUT2D eigenvalue weighted by molar-refractivity contribution is -0.0367. The van der Waals surface area contributed by atoms with Gasteiger partial charge in [-0.1, -0.05) is 12.1 Å². The van der Waals surface area contributed by atoms with Crippen LogP contribution in [-0.2, 0) is 15.9 Å². The molecule has 2 heterocycles. The molecule has 2 fully saturated rings. The summed E-state index contributed by atoms with van der Waals surface area (Å²) in [6, 6.07) is 7.85. The Balaban J connectivity index is 0.00000363. The number of amides is 1. The van der Waals surface area contributed by atoms with Gasteiger partial charge in [-0.25, -0.2) is 0 Å². The zero-order valence-corrected chi connectivity index (χ0v) is 22.0. The van der Waals surface area contributed by atoms with Crippen molar-refractivity contribution in [1.29, 1.82) is 0 Å². The first-order valence-corrected chi connectivity index (χ1v) is 11.6. The number of aliphatic imine (C=N–C) groups is 1. The molecular formula is C24H39IN4O3. The Hall–Kier alpha value is -1.39. The van der Waals surface area contributed by atoms with Gasteiger partial charge >= 0.3 is 0 Å². The van der Waals surface area contributed by atoms with Gasteiger partial charge in [-0.05, 0) is 56.7 Å². The molecule has 1 atom stereocenters. The van der Waals surface area contributed by atoms with Gasteiger partial charge in [-0.3, -0.25) is 9.79 Å². The minimum Gasteiger partial charge on any atom is -0.376 e. The summed E-state index contributed by atoms with van der Waals surface area (Å²) in [5.41, 5.74) is 1.86. The third-order valence-electron chi connectivity index (χ3n) is 5.86. The van der Waals surface area contributed by atoms with Gasteiger partial charge in [0.2, 0.25) is 0 Å². The molecule has 32 heavy (non-hydrogen) atoms. The Bertz CT molecular complexity index is 730. The predicted octanol–water partition coefficient (Wildman–Crippen LogP) is 3.17. The number of likely N-dealkylation sites (tertiary alicyclic amines) is 1. The highest BCUT2D eigenvalue weighted by molar-refractivity contribution is 14.0. The Morgan fingerprint density at radius 1 is 1.28 bits per heavy atom. The van der Waals surface area contributed by atoms with Crippen LogP contribution in [0.4, 0.5) is 0 Å². The Labute approximate surface area is 209 Å². The first-order valence-electron chi connectivity index (χ1n) is 11.6. The lowest BCUT2D eigenvalue weighted by Gasteiger charge is -2.34. The monoisotopic (exact) mass is 558 g/mol. The minimum absolute atomic E-state index is 0. The topological polar surface area (TPSA) is 66.4 Å². The van der Waals surface area contributed by atoms with E-state index in [1.165, 1.54) is 0 Å². The summed E-state index contributed by atoms with van der Waals surface area (Å²) in [6.07, 6.45) is 5.75. The molecule has 0 bridgehead atoms. The van der Waals surface area contributed by atoms with Crippen LogP contribution in [0.25, 0.3) is 0 Å². The van der Waals surface area contributed by atoms with E-state index in [1.807, 2.05) is 18.2 Å². The predicted molar refractivity (Wildman–Crippen MR) is 139 cm³/mol. The van der Waals surface area contributed by atoms with E-state index in [0.29, 0.717) is 18.8 Å². The van der Waals surface area contributed by atoms with Crippen LogP contribution in [0.5, 0.6) is 0 Å². The molecule has 1 amide bonds. The fraction of sp³-hybridized carbons (Fsp3) is 0.667. The molecule has 7 nitrogen and oxygen atoms in total. The zero-order valence-electron chi connectivity index (χ0n) is 19.7. The van der Waals surface area contributed by atoms with Gasteiger partial charge in [0.05, 0.1) is 18.8 Å². The maximum atomic E-state index is 12.2. The molecule has 0 saturated carbocycles. The molecule has 0 aromatic heterocycles. The van der Waals surface area contributed by atoms with E-state index in [9.17, 15) is 4.79 Å². The van der Waals surface area contributed by atoms with E-state index in [2.05, 4.69) is 23.2 Å². The van der Waals surface area contributed by atoms with Gasteiger partial charge < -0.3 is 24.6 Å². The van der Waals surface area contributed by atoms with Crippen molar-refractivity contribution in [1.82, 2.24) is 15.1 Å². The minimum atomic E-state index is 0. The van der Waals surface area contributed by atoms with E-state index >= 15 is 0 Å². The summed E-state index contributed by atoms with van der Waals surface area (Å²) in [5.74, 6) is 1.00. The molecule has 2 aliphatic heterocycles. The number of carbonyl (C=O) groups is 1. The molecule has 1 aromatic carbocycles. The maximum absolute atomic E-state index is 12.2. The summed E-state index contributed by atoms with van der Waals surface area (Å²) in [7, 11) is 3.55. The number of benzene rings is 1. The third kappa shape index (κ3) is 8.19. The summed E-state index contributed by atoms with van der Waals surface area (Å²) in [5, 5.41) is 3.43. The SMILES string of the molecule is CCNC(=NCCc1cccc(C(=O)N(C)C)c1)N1CCC(OCC2CCCO2)CC1.I. The third-order valence-corrected chi connectivity index (χ3v) is 5.86. The zero-order chi connectivity index (χ0) is 22.1. The molecule has 0 aliphatic carbocycles. The molecule has 180 valence electrons. The van der Waals surface area contributed by atoms with Crippen molar-refractivity contribution < 1.29 is 14.3 Å². The number of guanidine groups is 1. The highest BCUT2D eigenvalue weighted by Crippen LogP contribution is 2.18. The second-order valence-electron chi connectivity index (χ2n) is 8.54. The number of halogens is 1. The van der Waals surface area contributed by atoms with Gasteiger partial charge in [0, 0.05) is 52.4 Å². The smallest absolute Gasteiger partial charge is 0.253 e. The lowest BCUT2D eigenvalue weighted by Crippen LogP contribution is -2.47. The fourth-order valence-corrected chi connectivity index (χ4v) is 4.09. The van der Waals surface area contributed by atoms with Crippen molar-refractivity contribution in [2.24, 2.45) is 4.99 Å². The number of rotatable bonds is 8. The quantitative estimate of drug-likeness (QED) is 0.302. The maximum Gasteiger partial charge on any atom is 0.253 e. The van der Waals surface area contributed by atoms with Crippen LogP contribution >= 0.6 is 24.0 Å². The van der Waals surface area contributed by atoms with E-state index in [4.69, 9.17) is 14.5 Å². The Morgan fingerprint density at radius 3 is 2.72 bits per heavy atom. The summed E-state index contributed by atoms with van der Waals surface area (Å²) in [6.45, 7) is 7.16. The normalized spacial score (nSPS) is 19.5. The van der Waals surface area contributed by atoms with Crippen molar-refractivity contribution in [2.45, 2.75) is 51.2 Å². The van der Waals surface area contributed by atoms with Gasteiger partial charge in [0.1, 0.15) is 0 Å². The van der Waals surface area contributed by atoms with Crippen molar-refractivity contribution in [2.75, 3.05) is 53.5 Å². The molecule has 1 N–H and O–H groups in total. The molecule has 2 aliphatic rings. The van der Waals surface area contributed by atoms with Crippen LogP contribution in [0.1, 0.15) is 48.5 Å². The van der Waals surface area contributed by atoms with Gasteiger partial charge in [-0.15, -0.1) is 24.0 Å². The molecule has 2 saturated heterocycles. The molecule has 1 unspecified atom stereocenters. The number of carbonyl (C=O) groups excluding carboxylic acids is 1. The van der Waals surface area contributed by atoms with Gasteiger partial charge in [-0.2, -0.15) is 0 Å². The van der Waals surface area contributed by atoms with Crippen molar-refractivity contribution in [3.63, 3.8) is 0 Å². The van der Waals surface area contributed by atoms with Crippen LogP contribution in [-0.4, -0.2) is 87.4 Å². The molecule has 0 spiro atoms. The highest BCUT2D eigenvalue weighted by Gasteiger charge is 2.24. The van der Waals surface area contributed by atoms with Gasteiger partial charge in [0.25, 0.3) is 5.91 Å². The Kier molecular flexibility index (Phi) is 11.7. The fourth-order valence-electron chi connectivity index (χ4n) is 4.09. The second-order valence-corrected chi connectivity index (χ2v) is 8.54. The standard InChI is InChI=1S/C24H38N4O3.HI/c1-4-25-24(26-13-10-19-7-5-8-20(17-19)23(29)27(2)3)28-14-11-21(12-15-28)31-18-22-9-6-16-30-22;/h5,7-8,17,21-22H,4,6,9-16,18H2,1-3H3,(H,25,26);1H. The largest absolute Gasteiger partial charge is 0.376 e. The van der Waals surface area contributed by atoms with Crippen molar-refractivity contribution >= 4 is 35.8 Å².